The molecule has 3 aliphatic heterocycles. The van der Waals surface area contributed by atoms with Gasteiger partial charge in [0, 0.05) is 36.8 Å². The van der Waals surface area contributed by atoms with Crippen LogP contribution in [0.25, 0.3) is 0 Å². The molecule has 3 aliphatic rings. The van der Waals surface area contributed by atoms with Crippen LogP contribution in [0.2, 0.25) is 0 Å². The minimum absolute atomic E-state index is 0.00349. The Morgan fingerprint density at radius 2 is 1.90 bits per heavy atom. The second kappa shape index (κ2) is 8.37. The van der Waals surface area contributed by atoms with E-state index in [-0.39, 0.29) is 23.1 Å². The maximum atomic E-state index is 13.0. The van der Waals surface area contributed by atoms with Gasteiger partial charge in [0.15, 0.2) is 5.37 Å². The summed E-state index contributed by atoms with van der Waals surface area (Å²) in [5.41, 5.74) is 0.952. The molecule has 0 bridgehead atoms. The first-order valence-electron chi connectivity index (χ1n) is 9.51. The Balaban J connectivity index is 1.33. The lowest BCUT2D eigenvalue weighted by atomic mass is 10.0. The number of nitrogens with zero attached hydrogens (tertiary/aromatic N) is 2. The maximum Gasteiger partial charge on any atom is 0.254 e. The number of sulfonamides is 1. The van der Waals surface area contributed by atoms with Gasteiger partial charge in [0.25, 0.3) is 5.91 Å². The number of para-hydroxylation sites is 1. The van der Waals surface area contributed by atoms with E-state index >= 15 is 0 Å². The van der Waals surface area contributed by atoms with Gasteiger partial charge in [-0.1, -0.05) is 23.9 Å². The van der Waals surface area contributed by atoms with Crippen molar-refractivity contribution in [3.05, 3.63) is 24.3 Å². The number of fused-ring (bicyclic) bond motifs is 1. The Morgan fingerprint density at radius 1 is 1.17 bits per heavy atom. The van der Waals surface area contributed by atoms with Crippen molar-refractivity contribution in [3.63, 3.8) is 0 Å². The number of benzene rings is 1. The fourth-order valence-corrected chi connectivity index (χ4v) is 6.96. The molecule has 2 amide bonds. The van der Waals surface area contributed by atoms with Crippen molar-refractivity contribution in [2.75, 3.05) is 43.5 Å². The number of rotatable bonds is 4. The average molecular weight is 457 g/mol. The van der Waals surface area contributed by atoms with Gasteiger partial charge in [-0.3, -0.25) is 9.59 Å². The van der Waals surface area contributed by atoms with Crippen molar-refractivity contribution in [1.29, 1.82) is 0 Å². The zero-order chi connectivity index (χ0) is 20.6. The van der Waals surface area contributed by atoms with Gasteiger partial charge in [-0.25, -0.2) is 8.42 Å². The van der Waals surface area contributed by atoms with Crippen molar-refractivity contribution in [3.8, 4) is 0 Å². The molecule has 2 N–H and O–H groups in total. The number of amides is 2. The van der Waals surface area contributed by atoms with Gasteiger partial charge in [0.05, 0.1) is 17.5 Å². The normalized spacial score (nSPS) is 27.3. The van der Waals surface area contributed by atoms with Crippen molar-refractivity contribution in [2.24, 2.45) is 5.92 Å². The predicted octanol–water partition coefficient (Wildman–Crippen LogP) is 0.830. The summed E-state index contributed by atoms with van der Waals surface area (Å²) in [6.07, 6.45) is 1.91. The number of hydrogen-bond acceptors (Lipinski definition) is 7. The summed E-state index contributed by atoms with van der Waals surface area (Å²) in [5.74, 6) is 0.424. The molecule has 1 aromatic rings. The van der Waals surface area contributed by atoms with Crippen LogP contribution in [0.4, 0.5) is 5.69 Å². The molecule has 2 fully saturated rings. The first-order valence-corrected chi connectivity index (χ1v) is 13.3. The lowest BCUT2D eigenvalue weighted by Crippen LogP contribution is -2.53. The van der Waals surface area contributed by atoms with Crippen molar-refractivity contribution >= 4 is 51.0 Å². The van der Waals surface area contributed by atoms with Crippen LogP contribution in [0.1, 0.15) is 6.42 Å². The van der Waals surface area contributed by atoms with E-state index in [1.54, 1.807) is 16.7 Å². The molecule has 0 aromatic heterocycles. The summed E-state index contributed by atoms with van der Waals surface area (Å²) in [6.45, 7) is 1.43. The van der Waals surface area contributed by atoms with Gasteiger partial charge in [-0.15, -0.1) is 11.8 Å². The quantitative estimate of drug-likeness (QED) is 0.692. The first kappa shape index (κ1) is 20.8. The van der Waals surface area contributed by atoms with Gasteiger partial charge < -0.3 is 15.5 Å². The Hall–Kier alpha value is -1.43. The van der Waals surface area contributed by atoms with Gasteiger partial charge in [0.1, 0.15) is 0 Å². The minimum Gasteiger partial charge on any atom is -0.364 e. The Labute approximate surface area is 179 Å². The van der Waals surface area contributed by atoms with Gasteiger partial charge in [-0.05, 0) is 24.3 Å². The summed E-state index contributed by atoms with van der Waals surface area (Å²) in [4.78, 5) is 28.6. The zero-order valence-corrected chi connectivity index (χ0v) is 18.5. The van der Waals surface area contributed by atoms with Crippen LogP contribution >= 0.6 is 23.5 Å². The molecule has 0 aliphatic carbocycles. The first-order chi connectivity index (χ1) is 13.8. The number of piperazine rings is 1. The SMILES string of the molecule is CS(=O)(=O)N1CCN(C(=O)C2CCSC2NC(=O)C2Nc3ccccc3S2)CC1. The van der Waals surface area contributed by atoms with E-state index in [2.05, 4.69) is 10.6 Å². The maximum absolute atomic E-state index is 13.0. The van der Waals surface area contributed by atoms with E-state index in [0.717, 1.165) is 16.3 Å². The third kappa shape index (κ3) is 4.52. The van der Waals surface area contributed by atoms with Crippen LogP contribution in [-0.4, -0.2) is 78.4 Å². The highest BCUT2D eigenvalue weighted by Gasteiger charge is 2.40. The second-order valence-electron chi connectivity index (χ2n) is 7.32. The summed E-state index contributed by atoms with van der Waals surface area (Å²) in [6, 6.07) is 7.80. The number of carbonyl (C=O) groups is 2. The molecule has 0 radical (unpaired) electrons. The molecule has 2 saturated heterocycles. The minimum atomic E-state index is -3.23. The smallest absolute Gasteiger partial charge is 0.254 e. The molecule has 0 spiro atoms. The summed E-state index contributed by atoms with van der Waals surface area (Å²) in [7, 11) is -3.23. The van der Waals surface area contributed by atoms with Crippen LogP contribution in [0.15, 0.2) is 29.2 Å². The molecule has 11 heteroatoms. The Morgan fingerprint density at radius 3 is 2.59 bits per heavy atom. The standard InChI is InChI=1S/C18H24N4O4S3/c1-29(25,26)22-9-7-21(8-10-22)18(24)12-6-11-27-16(12)20-15(23)17-19-13-4-2-3-5-14(13)28-17/h2-5,12,16-17,19H,6-11H2,1H3,(H,20,23). The highest BCUT2D eigenvalue weighted by molar-refractivity contribution is 8.01. The number of hydrogen-bond donors (Lipinski definition) is 2. The van der Waals surface area contributed by atoms with Crippen LogP contribution < -0.4 is 10.6 Å². The topological polar surface area (TPSA) is 98.8 Å². The fourth-order valence-electron chi connectivity index (χ4n) is 3.78. The third-order valence-corrected chi connectivity index (χ3v) is 9.13. The predicted molar refractivity (Wildman–Crippen MR) is 115 cm³/mol. The van der Waals surface area contributed by atoms with E-state index in [0.29, 0.717) is 32.6 Å². The molecule has 3 unspecified atom stereocenters. The lowest BCUT2D eigenvalue weighted by molar-refractivity contribution is -0.137. The van der Waals surface area contributed by atoms with E-state index in [1.165, 1.54) is 22.3 Å². The van der Waals surface area contributed by atoms with Gasteiger partial charge in [-0.2, -0.15) is 4.31 Å². The molecule has 3 heterocycles. The molecule has 3 atom stereocenters. The second-order valence-corrected chi connectivity index (χ2v) is 11.7. The van der Waals surface area contributed by atoms with Crippen LogP contribution in [-0.2, 0) is 19.6 Å². The Bertz CT molecular complexity index is 877. The number of thioether (sulfide) groups is 2. The van der Waals surface area contributed by atoms with Crippen LogP contribution in [0.5, 0.6) is 0 Å². The fraction of sp³-hybridized carbons (Fsp3) is 0.556. The van der Waals surface area contributed by atoms with Crippen molar-refractivity contribution < 1.29 is 18.0 Å². The molecule has 0 saturated carbocycles. The molecule has 158 valence electrons. The number of nitrogens with one attached hydrogen (secondary N) is 2. The highest BCUT2D eigenvalue weighted by Crippen LogP contribution is 2.39. The van der Waals surface area contributed by atoms with Crippen LogP contribution in [0, 0.1) is 5.92 Å². The summed E-state index contributed by atoms with van der Waals surface area (Å²) < 4.78 is 24.7. The Kier molecular flexibility index (Phi) is 6.01. The van der Waals surface area contributed by atoms with E-state index < -0.39 is 15.4 Å². The molecule has 8 nitrogen and oxygen atoms in total. The molecule has 4 rings (SSSR count). The number of anilines is 1. The van der Waals surface area contributed by atoms with Crippen molar-refractivity contribution in [1.82, 2.24) is 14.5 Å². The zero-order valence-electron chi connectivity index (χ0n) is 16.0. The average Bonchev–Trinajstić information content (AvgIpc) is 3.33. The van der Waals surface area contributed by atoms with Gasteiger partial charge >= 0.3 is 0 Å². The van der Waals surface area contributed by atoms with E-state index in [9.17, 15) is 18.0 Å². The molecular weight excluding hydrogens is 432 g/mol. The lowest BCUT2D eigenvalue weighted by Gasteiger charge is -2.35. The third-order valence-electron chi connectivity index (χ3n) is 5.37. The van der Waals surface area contributed by atoms with Gasteiger partial charge in [0.2, 0.25) is 15.9 Å². The van der Waals surface area contributed by atoms with E-state index in [4.69, 9.17) is 0 Å². The van der Waals surface area contributed by atoms with Crippen LogP contribution in [0.3, 0.4) is 0 Å². The van der Waals surface area contributed by atoms with E-state index in [1.807, 2.05) is 24.3 Å². The summed E-state index contributed by atoms with van der Waals surface area (Å²) in [5, 5.41) is 5.61. The number of carbonyl (C=O) groups excluding carboxylic acids is 2. The monoisotopic (exact) mass is 456 g/mol. The molecule has 1 aromatic carbocycles. The largest absolute Gasteiger partial charge is 0.364 e. The highest BCUT2D eigenvalue weighted by atomic mass is 32.2. The molecular formula is C18H24N4O4S3. The molecule has 29 heavy (non-hydrogen) atoms. The summed E-state index contributed by atoms with van der Waals surface area (Å²) >= 11 is 3.07. The van der Waals surface area contributed by atoms with Crippen molar-refractivity contribution in [2.45, 2.75) is 22.1 Å².